The summed E-state index contributed by atoms with van der Waals surface area (Å²) in [4.78, 5) is 22.0. The number of hydrogen-bond acceptors (Lipinski definition) is 2. The number of carbonyl (C=O) groups excluding carboxylic acids is 1. The summed E-state index contributed by atoms with van der Waals surface area (Å²) in [6, 6.07) is 0. The van der Waals surface area contributed by atoms with Crippen LogP contribution < -0.4 is 0 Å². The van der Waals surface area contributed by atoms with Crippen LogP contribution in [0.5, 0.6) is 0 Å². The third-order valence-corrected chi connectivity index (χ3v) is 3.78. The van der Waals surface area contributed by atoms with E-state index in [1.54, 1.807) is 0 Å². The molecule has 0 amide bonds. The molecule has 0 aliphatic heterocycles. The maximum Gasteiger partial charge on any atom is 0.303 e. The van der Waals surface area contributed by atoms with Gasteiger partial charge in [0.2, 0.25) is 0 Å². The smallest absolute Gasteiger partial charge is 0.303 e. The highest BCUT2D eigenvalue weighted by molar-refractivity contribution is 5.78. The molecule has 3 nitrogen and oxygen atoms in total. The van der Waals surface area contributed by atoms with Crippen molar-refractivity contribution in [3.8, 4) is 0 Å². The molecule has 0 heterocycles. The van der Waals surface area contributed by atoms with E-state index in [2.05, 4.69) is 31.2 Å². The largest absolute Gasteiger partial charge is 0.481 e. The molecule has 0 fully saturated rings. The maximum atomic E-state index is 11.6. The number of unbranched alkanes of at least 4 members (excludes halogenated alkanes) is 7. The van der Waals surface area contributed by atoms with Crippen LogP contribution in [0.1, 0.15) is 90.4 Å². The molecule has 0 saturated carbocycles. The molecule has 1 N–H and O–H groups in total. The molecular weight excluding hydrogens is 288 g/mol. The van der Waals surface area contributed by atoms with Crippen molar-refractivity contribution < 1.29 is 14.7 Å². The van der Waals surface area contributed by atoms with Gasteiger partial charge in [-0.15, -0.1) is 0 Å². The Morgan fingerprint density at radius 1 is 0.739 bits per heavy atom. The molecule has 132 valence electrons. The van der Waals surface area contributed by atoms with E-state index < -0.39 is 5.97 Å². The number of ketones is 1. The first kappa shape index (κ1) is 21.6. The van der Waals surface area contributed by atoms with E-state index in [4.69, 9.17) is 5.11 Å². The van der Waals surface area contributed by atoms with Gasteiger partial charge in [0.05, 0.1) is 0 Å². The van der Waals surface area contributed by atoms with Crippen LogP contribution in [0.4, 0.5) is 0 Å². The zero-order chi connectivity index (χ0) is 17.2. The average Bonchev–Trinajstić information content (AvgIpc) is 2.52. The molecule has 0 aliphatic rings. The molecule has 0 saturated heterocycles. The zero-order valence-corrected chi connectivity index (χ0v) is 14.8. The van der Waals surface area contributed by atoms with E-state index in [0.717, 1.165) is 32.1 Å². The summed E-state index contributed by atoms with van der Waals surface area (Å²) < 4.78 is 0. The predicted molar refractivity (Wildman–Crippen MR) is 96.6 cm³/mol. The maximum absolute atomic E-state index is 11.6. The fourth-order valence-corrected chi connectivity index (χ4v) is 2.36. The van der Waals surface area contributed by atoms with E-state index in [0.29, 0.717) is 25.0 Å². The molecule has 3 heteroatoms. The third kappa shape index (κ3) is 18.6. The predicted octanol–water partition coefficient (Wildman–Crippen LogP) is 5.84. The van der Waals surface area contributed by atoms with Crippen molar-refractivity contribution in [3.05, 3.63) is 24.3 Å². The summed E-state index contributed by atoms with van der Waals surface area (Å²) in [6.45, 7) is 2.22. The van der Waals surface area contributed by atoms with Gasteiger partial charge in [0, 0.05) is 19.3 Å². The summed E-state index contributed by atoms with van der Waals surface area (Å²) in [5, 5.41) is 8.51. The lowest BCUT2D eigenvalue weighted by Gasteiger charge is -1.99. The number of carboxylic acid groups (broad SMARTS) is 1. The Morgan fingerprint density at radius 2 is 1.30 bits per heavy atom. The number of hydrogen-bond donors (Lipinski definition) is 1. The second kappa shape index (κ2) is 17.0. The lowest BCUT2D eigenvalue weighted by Crippen LogP contribution is -1.98. The summed E-state index contributed by atoms with van der Waals surface area (Å²) >= 11 is 0. The first-order valence-corrected chi connectivity index (χ1v) is 9.22. The fraction of sp³-hybridized carbons (Fsp3) is 0.700. The first-order valence-electron chi connectivity index (χ1n) is 9.22. The standard InChI is InChI=1S/C20H34O3/c1-2-3-4-5-6-7-8-9-10-11-13-16-19(21)17-14-12-15-18-20(22)23/h7-10H,2-6,11-18H2,1H3,(H,22,23). The van der Waals surface area contributed by atoms with Crippen molar-refractivity contribution in [3.63, 3.8) is 0 Å². The lowest BCUT2D eigenvalue weighted by molar-refractivity contribution is -0.137. The summed E-state index contributed by atoms with van der Waals surface area (Å²) in [7, 11) is 0. The number of carbonyl (C=O) groups is 2. The SMILES string of the molecule is CCCCCCC=CC=CCCCC(=O)CCCCCC(=O)O. The Bertz CT molecular complexity index is 356. The lowest BCUT2D eigenvalue weighted by atomic mass is 10.1. The molecule has 0 radical (unpaired) electrons. The quantitative estimate of drug-likeness (QED) is 0.287. The minimum atomic E-state index is -0.752. The normalized spacial score (nSPS) is 11.5. The van der Waals surface area contributed by atoms with Crippen LogP contribution in [0.15, 0.2) is 24.3 Å². The minimum absolute atomic E-state index is 0.213. The number of allylic oxidation sites excluding steroid dienone is 4. The van der Waals surface area contributed by atoms with Gasteiger partial charge in [0.1, 0.15) is 5.78 Å². The molecule has 0 aromatic carbocycles. The van der Waals surface area contributed by atoms with Gasteiger partial charge >= 0.3 is 5.97 Å². The molecule has 0 atom stereocenters. The Hall–Kier alpha value is -1.38. The number of Topliss-reactive ketones (excluding diaryl/α,β-unsaturated/α-hetero) is 1. The fourth-order valence-electron chi connectivity index (χ4n) is 2.36. The van der Waals surface area contributed by atoms with Crippen LogP contribution in [0, 0.1) is 0 Å². The summed E-state index contributed by atoms with van der Waals surface area (Å²) in [5.41, 5.74) is 0. The van der Waals surface area contributed by atoms with E-state index in [9.17, 15) is 9.59 Å². The van der Waals surface area contributed by atoms with Crippen molar-refractivity contribution in [1.29, 1.82) is 0 Å². The van der Waals surface area contributed by atoms with Crippen LogP contribution in [-0.2, 0) is 9.59 Å². The Morgan fingerprint density at radius 3 is 1.96 bits per heavy atom. The van der Waals surface area contributed by atoms with E-state index >= 15 is 0 Å². The van der Waals surface area contributed by atoms with Crippen LogP contribution in [0.25, 0.3) is 0 Å². The van der Waals surface area contributed by atoms with Gasteiger partial charge < -0.3 is 5.11 Å². The van der Waals surface area contributed by atoms with Crippen LogP contribution in [-0.4, -0.2) is 16.9 Å². The van der Waals surface area contributed by atoms with Crippen molar-refractivity contribution in [2.45, 2.75) is 90.4 Å². The van der Waals surface area contributed by atoms with Crippen molar-refractivity contribution in [2.75, 3.05) is 0 Å². The molecule has 23 heavy (non-hydrogen) atoms. The monoisotopic (exact) mass is 322 g/mol. The number of rotatable bonds is 16. The van der Waals surface area contributed by atoms with Gasteiger partial charge in [-0.3, -0.25) is 9.59 Å². The molecular formula is C20H34O3. The summed E-state index contributed by atoms with van der Waals surface area (Å²) in [6.07, 6.45) is 20.5. The second-order valence-corrected chi connectivity index (χ2v) is 6.09. The van der Waals surface area contributed by atoms with Gasteiger partial charge in [-0.2, -0.15) is 0 Å². The first-order chi connectivity index (χ1) is 11.2. The second-order valence-electron chi connectivity index (χ2n) is 6.09. The van der Waals surface area contributed by atoms with Crippen molar-refractivity contribution in [1.82, 2.24) is 0 Å². The highest BCUT2D eigenvalue weighted by atomic mass is 16.4. The van der Waals surface area contributed by atoms with Gasteiger partial charge in [-0.25, -0.2) is 0 Å². The molecule has 0 aliphatic carbocycles. The molecule has 0 aromatic heterocycles. The number of carboxylic acids is 1. The number of aliphatic carboxylic acids is 1. The van der Waals surface area contributed by atoms with Gasteiger partial charge in [0.15, 0.2) is 0 Å². The van der Waals surface area contributed by atoms with E-state index in [1.165, 1.54) is 25.7 Å². The van der Waals surface area contributed by atoms with Gasteiger partial charge in [-0.05, 0) is 38.5 Å². The molecule has 0 bridgehead atoms. The topological polar surface area (TPSA) is 54.4 Å². The zero-order valence-electron chi connectivity index (χ0n) is 14.8. The van der Waals surface area contributed by atoms with Crippen LogP contribution in [0.3, 0.4) is 0 Å². The van der Waals surface area contributed by atoms with E-state index in [1.807, 2.05) is 0 Å². The molecule has 0 rings (SSSR count). The van der Waals surface area contributed by atoms with Crippen molar-refractivity contribution >= 4 is 11.8 Å². The van der Waals surface area contributed by atoms with Crippen LogP contribution >= 0.6 is 0 Å². The highest BCUT2D eigenvalue weighted by Crippen LogP contribution is 2.07. The molecule has 0 unspecified atom stereocenters. The average molecular weight is 322 g/mol. The molecule has 0 aromatic rings. The molecule has 0 spiro atoms. The van der Waals surface area contributed by atoms with Gasteiger partial charge in [0.25, 0.3) is 0 Å². The Labute approximate surface area is 141 Å². The van der Waals surface area contributed by atoms with Crippen molar-refractivity contribution in [2.24, 2.45) is 0 Å². The van der Waals surface area contributed by atoms with Crippen LogP contribution in [0.2, 0.25) is 0 Å². The Kier molecular flexibility index (Phi) is 16.0. The van der Waals surface area contributed by atoms with Gasteiger partial charge in [-0.1, -0.05) is 56.9 Å². The third-order valence-electron chi connectivity index (χ3n) is 3.78. The summed E-state index contributed by atoms with van der Waals surface area (Å²) in [5.74, 6) is -0.446. The Balaban J connectivity index is 3.38. The highest BCUT2D eigenvalue weighted by Gasteiger charge is 2.02. The van der Waals surface area contributed by atoms with E-state index in [-0.39, 0.29) is 6.42 Å². The minimum Gasteiger partial charge on any atom is -0.481 e.